The summed E-state index contributed by atoms with van der Waals surface area (Å²) in [7, 11) is 2.86. The molecule has 0 spiro atoms. The number of nitrogens with zero attached hydrogens (tertiary/aromatic N) is 1. The van der Waals surface area contributed by atoms with Gasteiger partial charge in [-0.25, -0.2) is 5.43 Å². The van der Waals surface area contributed by atoms with E-state index in [2.05, 4.69) is 10.5 Å². The number of carbonyl (C=O) groups is 1. The Labute approximate surface area is 158 Å². The molecule has 1 amide bonds. The first-order chi connectivity index (χ1) is 12.5. The van der Waals surface area contributed by atoms with E-state index in [-0.39, 0.29) is 17.2 Å². The fourth-order valence-corrected chi connectivity index (χ4v) is 3.77. The Morgan fingerprint density at radius 1 is 1.23 bits per heavy atom. The average molecular weight is 391 g/mol. The zero-order valence-electron chi connectivity index (χ0n) is 13.9. The minimum Gasteiger partial charge on any atom is -0.502 e. The lowest BCUT2D eigenvalue weighted by Gasteiger charge is -2.09. The van der Waals surface area contributed by atoms with Crippen LogP contribution in [0.2, 0.25) is 5.02 Å². The molecule has 8 heteroatoms. The van der Waals surface area contributed by atoms with Crippen LogP contribution in [0.1, 0.15) is 15.2 Å². The molecule has 1 aromatic heterocycles. The molecule has 0 aliphatic carbocycles. The lowest BCUT2D eigenvalue weighted by atomic mass is 10.2. The molecule has 0 aliphatic heterocycles. The first kappa shape index (κ1) is 18.0. The highest BCUT2D eigenvalue weighted by Gasteiger charge is 2.16. The number of rotatable bonds is 5. The maximum atomic E-state index is 12.3. The van der Waals surface area contributed by atoms with Gasteiger partial charge in [0.05, 0.1) is 25.5 Å². The molecule has 0 saturated carbocycles. The lowest BCUT2D eigenvalue weighted by molar-refractivity contribution is 0.0959. The molecule has 0 fully saturated rings. The quantitative estimate of drug-likeness (QED) is 0.509. The van der Waals surface area contributed by atoms with Crippen LogP contribution in [0.15, 0.2) is 41.5 Å². The fraction of sp³-hybridized carbons (Fsp3) is 0.111. The molecule has 0 unspecified atom stereocenters. The number of phenols is 1. The highest BCUT2D eigenvalue weighted by atomic mass is 35.5. The van der Waals surface area contributed by atoms with Crippen LogP contribution in [0.25, 0.3) is 10.1 Å². The molecule has 0 radical (unpaired) electrons. The molecule has 0 bridgehead atoms. The van der Waals surface area contributed by atoms with Gasteiger partial charge in [-0.2, -0.15) is 5.10 Å². The zero-order valence-corrected chi connectivity index (χ0v) is 15.5. The van der Waals surface area contributed by atoms with Crippen LogP contribution in [-0.2, 0) is 0 Å². The van der Waals surface area contributed by atoms with Crippen LogP contribution in [0.5, 0.6) is 17.2 Å². The molecule has 26 heavy (non-hydrogen) atoms. The van der Waals surface area contributed by atoms with Crippen molar-refractivity contribution < 1.29 is 19.4 Å². The second-order valence-corrected chi connectivity index (χ2v) is 6.64. The second-order valence-electron chi connectivity index (χ2n) is 5.21. The van der Waals surface area contributed by atoms with Crippen LogP contribution in [0.3, 0.4) is 0 Å². The number of benzene rings is 2. The molecule has 0 atom stereocenters. The van der Waals surface area contributed by atoms with Crippen molar-refractivity contribution in [1.82, 2.24) is 5.43 Å². The van der Waals surface area contributed by atoms with Crippen molar-refractivity contribution in [3.8, 4) is 17.2 Å². The van der Waals surface area contributed by atoms with Gasteiger partial charge in [0.1, 0.15) is 4.88 Å². The molecule has 1 heterocycles. The number of phenolic OH excluding ortho intramolecular Hbond substituents is 1. The van der Waals surface area contributed by atoms with Gasteiger partial charge in [-0.1, -0.05) is 29.8 Å². The first-order valence-electron chi connectivity index (χ1n) is 7.50. The molecule has 3 aromatic rings. The zero-order chi connectivity index (χ0) is 18.7. The summed E-state index contributed by atoms with van der Waals surface area (Å²) in [6.45, 7) is 0. The summed E-state index contributed by atoms with van der Waals surface area (Å²) in [5, 5.41) is 15.1. The number of hydrazone groups is 1. The van der Waals surface area contributed by atoms with Crippen molar-refractivity contribution in [2.24, 2.45) is 5.10 Å². The van der Waals surface area contributed by atoms with Crippen LogP contribution in [0.4, 0.5) is 0 Å². The standard InChI is InChI=1S/C18H15ClN2O4S/c1-24-12-7-10(8-13(25-2)16(12)22)9-20-21-18(23)17-15(19)11-5-3-4-6-14(11)26-17/h3-9,22H,1-2H3,(H,21,23). The Balaban J connectivity index is 1.79. The normalized spacial score (nSPS) is 11.0. The van der Waals surface area contributed by atoms with E-state index in [1.54, 1.807) is 12.1 Å². The molecule has 2 N–H and O–H groups in total. The van der Waals surface area contributed by atoms with E-state index in [1.807, 2.05) is 24.3 Å². The monoisotopic (exact) mass is 390 g/mol. The third-order valence-corrected chi connectivity index (χ3v) is 5.30. The van der Waals surface area contributed by atoms with Gasteiger partial charge >= 0.3 is 0 Å². The van der Waals surface area contributed by atoms with Crippen molar-refractivity contribution in [2.45, 2.75) is 0 Å². The Kier molecular flexibility index (Phi) is 5.29. The topological polar surface area (TPSA) is 80.2 Å². The molecule has 0 saturated heterocycles. The van der Waals surface area contributed by atoms with Crippen molar-refractivity contribution >= 4 is 45.1 Å². The Morgan fingerprint density at radius 2 is 1.88 bits per heavy atom. The van der Waals surface area contributed by atoms with Crippen molar-refractivity contribution in [2.75, 3.05) is 14.2 Å². The molecule has 3 rings (SSSR count). The van der Waals surface area contributed by atoms with E-state index >= 15 is 0 Å². The number of amides is 1. The van der Waals surface area contributed by atoms with Crippen LogP contribution in [0, 0.1) is 0 Å². The maximum Gasteiger partial charge on any atom is 0.283 e. The molecule has 6 nitrogen and oxygen atoms in total. The SMILES string of the molecule is COc1cc(C=NNC(=O)c2sc3ccccc3c2Cl)cc(OC)c1O. The first-order valence-corrected chi connectivity index (χ1v) is 8.70. The van der Waals surface area contributed by atoms with Crippen molar-refractivity contribution in [1.29, 1.82) is 0 Å². The van der Waals surface area contributed by atoms with E-state index in [0.29, 0.717) is 15.5 Å². The molecular weight excluding hydrogens is 376 g/mol. The van der Waals surface area contributed by atoms with Gasteiger partial charge in [-0.3, -0.25) is 4.79 Å². The van der Waals surface area contributed by atoms with Crippen LogP contribution < -0.4 is 14.9 Å². The van der Waals surface area contributed by atoms with E-state index < -0.39 is 5.91 Å². The number of aromatic hydroxyl groups is 1. The summed E-state index contributed by atoms with van der Waals surface area (Å²) in [6, 6.07) is 10.7. The minimum absolute atomic E-state index is 0.103. The number of hydrogen-bond acceptors (Lipinski definition) is 6. The van der Waals surface area contributed by atoms with Gasteiger partial charge in [0, 0.05) is 15.6 Å². The second kappa shape index (κ2) is 7.63. The predicted molar refractivity (Wildman–Crippen MR) is 103 cm³/mol. The van der Waals surface area contributed by atoms with Gasteiger partial charge in [0.2, 0.25) is 5.75 Å². The molecule has 134 valence electrons. The Bertz CT molecular complexity index is 975. The Morgan fingerprint density at radius 3 is 2.50 bits per heavy atom. The number of thiophene rings is 1. The van der Waals surface area contributed by atoms with Gasteiger partial charge < -0.3 is 14.6 Å². The summed E-state index contributed by atoms with van der Waals surface area (Å²) in [5.74, 6) is -0.0206. The van der Waals surface area contributed by atoms with Crippen molar-refractivity contribution in [3.05, 3.63) is 51.9 Å². The number of methoxy groups -OCH3 is 2. The van der Waals surface area contributed by atoms with Crippen molar-refractivity contribution in [3.63, 3.8) is 0 Å². The Hall–Kier alpha value is -2.77. The van der Waals surface area contributed by atoms with Gasteiger partial charge in [0.15, 0.2) is 11.5 Å². The highest BCUT2D eigenvalue weighted by Crippen LogP contribution is 2.37. The minimum atomic E-state index is -0.398. The third-order valence-electron chi connectivity index (χ3n) is 3.62. The van der Waals surface area contributed by atoms with E-state index in [9.17, 15) is 9.90 Å². The lowest BCUT2D eigenvalue weighted by Crippen LogP contribution is -2.16. The van der Waals surface area contributed by atoms with Crippen LogP contribution >= 0.6 is 22.9 Å². The molecule has 0 aliphatic rings. The van der Waals surface area contributed by atoms with Gasteiger partial charge in [0.25, 0.3) is 5.91 Å². The van der Waals surface area contributed by atoms with E-state index in [0.717, 1.165) is 10.1 Å². The fourth-order valence-electron chi connectivity index (χ4n) is 2.36. The summed E-state index contributed by atoms with van der Waals surface area (Å²) in [6.07, 6.45) is 1.42. The molecular formula is C18H15ClN2O4S. The molecule has 2 aromatic carbocycles. The smallest absolute Gasteiger partial charge is 0.283 e. The number of ether oxygens (including phenoxy) is 2. The van der Waals surface area contributed by atoms with Gasteiger partial charge in [-0.15, -0.1) is 11.3 Å². The maximum absolute atomic E-state index is 12.3. The number of fused-ring (bicyclic) bond motifs is 1. The van der Waals surface area contributed by atoms with Gasteiger partial charge in [-0.05, 0) is 18.2 Å². The van der Waals surface area contributed by atoms with E-state index in [4.69, 9.17) is 21.1 Å². The summed E-state index contributed by atoms with van der Waals surface area (Å²) >= 11 is 7.58. The largest absolute Gasteiger partial charge is 0.502 e. The summed E-state index contributed by atoms with van der Waals surface area (Å²) in [4.78, 5) is 12.7. The number of hydrogen-bond donors (Lipinski definition) is 2. The predicted octanol–water partition coefficient (Wildman–Crippen LogP) is 4.04. The average Bonchev–Trinajstić information content (AvgIpc) is 3.00. The summed E-state index contributed by atoms with van der Waals surface area (Å²) < 4.78 is 11.1. The van der Waals surface area contributed by atoms with E-state index in [1.165, 1.54) is 31.8 Å². The third kappa shape index (κ3) is 3.44. The number of nitrogens with one attached hydrogen (secondary N) is 1. The van der Waals surface area contributed by atoms with Crippen LogP contribution in [-0.4, -0.2) is 31.4 Å². The number of halogens is 1. The highest BCUT2D eigenvalue weighted by molar-refractivity contribution is 7.21. The number of carbonyl (C=O) groups excluding carboxylic acids is 1. The summed E-state index contributed by atoms with van der Waals surface area (Å²) in [5.41, 5.74) is 3.03.